The van der Waals surface area contributed by atoms with Gasteiger partial charge in [0.1, 0.15) is 5.75 Å². The minimum Gasteiger partial charge on any atom is -0.497 e. The Morgan fingerprint density at radius 1 is 1.03 bits per heavy atom. The van der Waals surface area contributed by atoms with Crippen molar-refractivity contribution in [3.8, 4) is 5.75 Å². The van der Waals surface area contributed by atoms with E-state index in [0.29, 0.717) is 12.3 Å². The molecule has 33 heavy (non-hydrogen) atoms. The van der Waals surface area contributed by atoms with Crippen molar-refractivity contribution >= 4 is 50.6 Å². The molecule has 1 amide bonds. The highest BCUT2D eigenvalue weighted by molar-refractivity contribution is 9.10. The van der Waals surface area contributed by atoms with Gasteiger partial charge in [-0.25, -0.2) is 5.01 Å². The van der Waals surface area contributed by atoms with Crippen LogP contribution in [0.4, 0.5) is 4.79 Å². The number of hydrogen-bond donors (Lipinski definition) is 0. The molecule has 3 aromatic carbocycles. The molecule has 0 aromatic heterocycles. The summed E-state index contributed by atoms with van der Waals surface area (Å²) < 4.78 is 6.33. The zero-order valence-electron chi connectivity index (χ0n) is 17.8. The molecule has 0 fully saturated rings. The summed E-state index contributed by atoms with van der Waals surface area (Å²) in [5.74, 6) is 1.38. The third-order valence-corrected chi connectivity index (χ3v) is 6.83. The fourth-order valence-electron chi connectivity index (χ4n) is 3.87. The zero-order chi connectivity index (χ0) is 22.8. The minimum absolute atomic E-state index is 0.0790. The average Bonchev–Trinajstić information content (AvgIpc) is 3.44. The highest BCUT2D eigenvalue weighted by atomic mass is 79.9. The second kappa shape index (κ2) is 9.37. The van der Waals surface area contributed by atoms with E-state index >= 15 is 0 Å². The first-order chi connectivity index (χ1) is 16.1. The summed E-state index contributed by atoms with van der Waals surface area (Å²) in [4.78, 5) is 17.5. The number of ether oxygens (including phenoxy) is 1. The van der Waals surface area contributed by atoms with E-state index in [1.54, 1.807) is 7.11 Å². The first-order valence-corrected chi connectivity index (χ1v) is 12.1. The van der Waals surface area contributed by atoms with Crippen LogP contribution >= 0.6 is 27.7 Å². The van der Waals surface area contributed by atoms with Gasteiger partial charge in [0.2, 0.25) is 0 Å². The number of thioether (sulfide) groups is 1. The quantitative estimate of drug-likeness (QED) is 0.377. The highest BCUT2D eigenvalue weighted by Crippen LogP contribution is 2.39. The van der Waals surface area contributed by atoms with Crippen LogP contribution in [0, 0.1) is 0 Å². The van der Waals surface area contributed by atoms with Gasteiger partial charge in [-0.05, 0) is 58.8 Å². The number of aliphatic imine (C=N–C) groups is 1. The molecule has 0 saturated heterocycles. The first kappa shape index (κ1) is 21.7. The topological polar surface area (TPSA) is 54.3 Å². The molecular weight excluding hydrogens is 498 g/mol. The van der Waals surface area contributed by atoms with Crippen molar-refractivity contribution in [1.29, 1.82) is 0 Å². The largest absolute Gasteiger partial charge is 0.497 e. The predicted octanol–water partition coefficient (Wildman–Crippen LogP) is 6.92. The summed E-state index contributed by atoms with van der Waals surface area (Å²) in [5, 5.41) is 6.62. The molecule has 5 rings (SSSR count). The van der Waals surface area contributed by atoms with Gasteiger partial charge in [0.05, 0.1) is 23.8 Å². The van der Waals surface area contributed by atoms with E-state index in [4.69, 9.17) is 9.84 Å². The van der Waals surface area contributed by atoms with Gasteiger partial charge in [-0.2, -0.15) is 10.1 Å². The predicted molar refractivity (Wildman–Crippen MR) is 138 cm³/mol. The van der Waals surface area contributed by atoms with E-state index in [0.717, 1.165) is 49.3 Å². The van der Waals surface area contributed by atoms with E-state index in [2.05, 4.69) is 33.1 Å². The SMILES string of the molecule is COc1ccc([C@@H]2CC(c3ccccc3)=NN2C2=NC(=O)S/C2=C\c2ccc(Br)cc2)cc1. The van der Waals surface area contributed by atoms with Crippen LogP contribution in [0.15, 0.2) is 98.3 Å². The number of rotatable bonds is 4. The maximum absolute atomic E-state index is 12.4. The first-order valence-electron chi connectivity index (χ1n) is 10.4. The Bertz CT molecular complexity index is 1270. The number of carbonyl (C=O) groups excluding carboxylic acids is 1. The lowest BCUT2D eigenvalue weighted by Gasteiger charge is -2.24. The third kappa shape index (κ3) is 4.65. The van der Waals surface area contributed by atoms with E-state index in [-0.39, 0.29) is 11.3 Å². The van der Waals surface area contributed by atoms with Crippen molar-refractivity contribution in [1.82, 2.24) is 5.01 Å². The molecule has 0 saturated carbocycles. The van der Waals surface area contributed by atoms with Gasteiger partial charge in [-0.15, -0.1) is 0 Å². The molecule has 0 radical (unpaired) electrons. The highest BCUT2D eigenvalue weighted by Gasteiger charge is 2.36. The van der Waals surface area contributed by atoms with E-state index in [1.807, 2.05) is 77.8 Å². The van der Waals surface area contributed by atoms with Gasteiger partial charge in [0, 0.05) is 10.9 Å². The molecule has 2 aliphatic rings. The Morgan fingerprint density at radius 2 is 1.76 bits per heavy atom. The number of hydrogen-bond acceptors (Lipinski definition) is 5. The van der Waals surface area contributed by atoms with Crippen molar-refractivity contribution in [2.45, 2.75) is 12.5 Å². The molecule has 1 atom stereocenters. The van der Waals surface area contributed by atoms with Gasteiger partial charge in [0.15, 0.2) is 5.84 Å². The summed E-state index contributed by atoms with van der Waals surface area (Å²) in [5.41, 5.74) is 4.11. The number of amidine groups is 1. The normalized spacial score (nSPS) is 19.1. The van der Waals surface area contributed by atoms with Crippen molar-refractivity contribution in [3.05, 3.63) is 105 Å². The van der Waals surface area contributed by atoms with Crippen LogP contribution < -0.4 is 4.74 Å². The average molecular weight is 518 g/mol. The second-order valence-electron chi connectivity index (χ2n) is 7.61. The molecular formula is C26H20BrN3O2S. The van der Waals surface area contributed by atoms with E-state index in [9.17, 15) is 4.79 Å². The van der Waals surface area contributed by atoms with Crippen molar-refractivity contribution in [2.24, 2.45) is 10.1 Å². The molecule has 5 nitrogen and oxygen atoms in total. The van der Waals surface area contributed by atoms with E-state index < -0.39 is 0 Å². The van der Waals surface area contributed by atoms with Crippen LogP contribution in [-0.4, -0.2) is 28.9 Å². The maximum Gasteiger partial charge on any atom is 0.311 e. The Morgan fingerprint density at radius 3 is 2.45 bits per heavy atom. The lowest BCUT2D eigenvalue weighted by Crippen LogP contribution is -2.26. The molecule has 3 aromatic rings. The van der Waals surface area contributed by atoms with Crippen molar-refractivity contribution in [2.75, 3.05) is 7.11 Å². The maximum atomic E-state index is 12.4. The standard InChI is InChI=1S/C26H20BrN3O2S/c1-32-21-13-9-19(10-14-21)23-16-22(18-5-3-2-4-6-18)29-30(23)25-24(33-26(31)28-25)15-17-7-11-20(27)12-8-17/h2-15,23H,16H2,1H3/b24-15-/t23-/m0/s1. The lowest BCUT2D eigenvalue weighted by atomic mass is 9.98. The van der Waals surface area contributed by atoms with E-state index in [1.165, 1.54) is 0 Å². The molecule has 164 valence electrons. The Hall–Kier alpha value is -3.16. The number of methoxy groups -OCH3 is 1. The number of hydrazone groups is 1. The second-order valence-corrected chi connectivity index (χ2v) is 9.52. The van der Waals surface area contributed by atoms with Gasteiger partial charge >= 0.3 is 5.24 Å². The molecule has 0 unspecified atom stereocenters. The van der Waals surface area contributed by atoms with Crippen molar-refractivity contribution < 1.29 is 9.53 Å². The molecule has 7 heteroatoms. The Balaban J connectivity index is 1.55. The zero-order valence-corrected chi connectivity index (χ0v) is 20.2. The van der Waals surface area contributed by atoms with Gasteiger partial charge in [-0.3, -0.25) is 4.79 Å². The summed E-state index contributed by atoms with van der Waals surface area (Å²) in [7, 11) is 1.66. The molecule has 2 heterocycles. The van der Waals surface area contributed by atoms with Crippen LogP contribution in [-0.2, 0) is 0 Å². The Kier molecular flexibility index (Phi) is 6.15. The number of carbonyl (C=O) groups is 1. The van der Waals surface area contributed by atoms with Gasteiger partial charge in [0.25, 0.3) is 0 Å². The Labute approximate surface area is 205 Å². The molecule has 2 aliphatic heterocycles. The van der Waals surface area contributed by atoms with Crippen LogP contribution in [0.1, 0.15) is 29.2 Å². The third-order valence-electron chi connectivity index (χ3n) is 5.52. The van der Waals surface area contributed by atoms with Gasteiger partial charge in [-0.1, -0.05) is 70.5 Å². The van der Waals surface area contributed by atoms with Crippen molar-refractivity contribution in [3.63, 3.8) is 0 Å². The van der Waals surface area contributed by atoms with Crippen LogP contribution in [0.25, 0.3) is 6.08 Å². The number of halogens is 1. The van der Waals surface area contributed by atoms with Crippen LogP contribution in [0.3, 0.4) is 0 Å². The summed E-state index contributed by atoms with van der Waals surface area (Å²) in [6.07, 6.45) is 2.70. The van der Waals surface area contributed by atoms with Crippen LogP contribution in [0.2, 0.25) is 0 Å². The fourth-order valence-corrected chi connectivity index (χ4v) is 4.88. The number of nitrogens with zero attached hydrogens (tertiary/aromatic N) is 3. The number of benzene rings is 3. The molecule has 0 aliphatic carbocycles. The lowest BCUT2D eigenvalue weighted by molar-refractivity contribution is 0.267. The summed E-state index contributed by atoms with van der Waals surface area (Å²) in [6, 6.07) is 26.0. The molecule has 0 spiro atoms. The smallest absolute Gasteiger partial charge is 0.311 e. The summed E-state index contributed by atoms with van der Waals surface area (Å²) >= 11 is 4.60. The van der Waals surface area contributed by atoms with Crippen LogP contribution in [0.5, 0.6) is 5.75 Å². The fraction of sp³-hybridized carbons (Fsp3) is 0.115. The number of amides is 1. The molecule has 0 N–H and O–H groups in total. The molecule has 0 bridgehead atoms. The summed E-state index contributed by atoms with van der Waals surface area (Å²) in [6.45, 7) is 0. The monoisotopic (exact) mass is 517 g/mol. The van der Waals surface area contributed by atoms with Gasteiger partial charge < -0.3 is 4.74 Å². The minimum atomic E-state index is -0.231.